The molecule has 0 aliphatic heterocycles. The lowest BCUT2D eigenvalue weighted by atomic mass is 10.5. The molecule has 0 bridgehead atoms. The topological polar surface area (TPSA) is 74.7 Å². The highest BCUT2D eigenvalue weighted by Gasteiger charge is 2.05. The number of nitrogens with one attached hydrogen (secondary N) is 1. The molecule has 2 aromatic heterocycles. The van der Waals surface area contributed by atoms with Crippen molar-refractivity contribution in [2.24, 2.45) is 0 Å². The van der Waals surface area contributed by atoms with Crippen LogP contribution in [0.5, 0.6) is 0 Å². The highest BCUT2D eigenvalue weighted by molar-refractivity contribution is 7.99. The summed E-state index contributed by atoms with van der Waals surface area (Å²) in [7, 11) is 0. The van der Waals surface area contributed by atoms with Gasteiger partial charge in [0.05, 0.1) is 6.33 Å². The van der Waals surface area contributed by atoms with Gasteiger partial charge >= 0.3 is 0 Å². The Morgan fingerprint density at radius 3 is 3.14 bits per heavy atom. The van der Waals surface area contributed by atoms with Gasteiger partial charge in [-0.3, -0.25) is 0 Å². The van der Waals surface area contributed by atoms with Gasteiger partial charge in [-0.05, 0) is 6.42 Å². The molecule has 14 heavy (non-hydrogen) atoms. The van der Waals surface area contributed by atoms with Gasteiger partial charge in [0.25, 0.3) is 0 Å². The maximum absolute atomic E-state index is 8.65. The molecule has 2 heterocycles. The van der Waals surface area contributed by atoms with E-state index in [1.807, 2.05) is 0 Å². The van der Waals surface area contributed by atoms with Crippen LogP contribution in [0.2, 0.25) is 0 Å². The van der Waals surface area contributed by atoms with E-state index in [0.717, 1.165) is 22.7 Å². The van der Waals surface area contributed by atoms with Crippen LogP contribution in [-0.2, 0) is 0 Å². The molecule has 0 spiro atoms. The molecule has 74 valence electrons. The van der Waals surface area contributed by atoms with E-state index in [0.29, 0.717) is 5.65 Å². The minimum Gasteiger partial charge on any atom is -0.396 e. The second-order valence-electron chi connectivity index (χ2n) is 2.71. The predicted octanol–water partition coefficient (Wildman–Crippen LogP) is 0.827. The minimum absolute atomic E-state index is 0.213. The summed E-state index contributed by atoms with van der Waals surface area (Å²) in [5.74, 6) is 0.849. The van der Waals surface area contributed by atoms with E-state index in [2.05, 4.69) is 19.9 Å². The number of thioether (sulfide) groups is 1. The fraction of sp³-hybridized carbons (Fsp3) is 0.375. The highest BCUT2D eigenvalue weighted by atomic mass is 32.2. The summed E-state index contributed by atoms with van der Waals surface area (Å²) in [5.41, 5.74) is 1.56. The van der Waals surface area contributed by atoms with E-state index in [-0.39, 0.29) is 6.61 Å². The zero-order chi connectivity index (χ0) is 9.80. The number of nitrogens with zero attached hydrogens (tertiary/aromatic N) is 3. The van der Waals surface area contributed by atoms with Crippen LogP contribution < -0.4 is 0 Å². The van der Waals surface area contributed by atoms with E-state index in [1.165, 1.54) is 6.33 Å². The molecule has 0 fully saturated rings. The van der Waals surface area contributed by atoms with Crippen LogP contribution in [0.25, 0.3) is 11.2 Å². The summed E-state index contributed by atoms with van der Waals surface area (Å²) >= 11 is 1.60. The maximum Gasteiger partial charge on any atom is 0.181 e. The number of aromatic nitrogens is 4. The Balaban J connectivity index is 2.19. The van der Waals surface area contributed by atoms with Gasteiger partial charge in [0.2, 0.25) is 0 Å². The predicted molar refractivity (Wildman–Crippen MR) is 54.1 cm³/mol. The average molecular weight is 210 g/mol. The molecule has 0 aliphatic carbocycles. The van der Waals surface area contributed by atoms with E-state index >= 15 is 0 Å². The lowest BCUT2D eigenvalue weighted by molar-refractivity contribution is 0.296. The van der Waals surface area contributed by atoms with Crippen molar-refractivity contribution in [2.75, 3.05) is 12.4 Å². The summed E-state index contributed by atoms with van der Waals surface area (Å²) in [6, 6.07) is 0. The number of fused-ring (bicyclic) bond motifs is 1. The number of H-pyrrole nitrogens is 1. The minimum atomic E-state index is 0.213. The van der Waals surface area contributed by atoms with Crippen molar-refractivity contribution in [1.29, 1.82) is 0 Å². The van der Waals surface area contributed by atoms with Gasteiger partial charge in [-0.25, -0.2) is 15.0 Å². The molecule has 6 heteroatoms. The lowest BCUT2D eigenvalue weighted by Crippen LogP contribution is -1.89. The molecule has 0 atom stereocenters. The van der Waals surface area contributed by atoms with Gasteiger partial charge in [0.15, 0.2) is 5.65 Å². The van der Waals surface area contributed by atoms with Crippen LogP contribution in [0.3, 0.4) is 0 Å². The normalized spacial score (nSPS) is 10.9. The van der Waals surface area contributed by atoms with Crippen LogP contribution in [0.4, 0.5) is 0 Å². The SMILES string of the molecule is OCCCSc1ncnc2nc[nH]c12. The van der Waals surface area contributed by atoms with Gasteiger partial charge in [-0.15, -0.1) is 11.8 Å². The molecule has 2 N–H and O–H groups in total. The van der Waals surface area contributed by atoms with Crippen LogP contribution in [0.1, 0.15) is 6.42 Å². The summed E-state index contributed by atoms with van der Waals surface area (Å²) in [6.07, 6.45) is 3.88. The fourth-order valence-corrected chi connectivity index (χ4v) is 1.97. The van der Waals surface area contributed by atoms with Crippen LogP contribution in [0.15, 0.2) is 17.7 Å². The summed E-state index contributed by atoms with van der Waals surface area (Å²) < 4.78 is 0. The van der Waals surface area contributed by atoms with Gasteiger partial charge in [-0.1, -0.05) is 0 Å². The third kappa shape index (κ3) is 1.85. The summed E-state index contributed by atoms with van der Waals surface area (Å²) in [4.78, 5) is 15.2. The first-order chi connectivity index (χ1) is 6.92. The Bertz CT molecular complexity index is 416. The van der Waals surface area contributed by atoms with Gasteiger partial charge in [0, 0.05) is 12.4 Å². The Kier molecular flexibility index (Phi) is 2.95. The molecule has 0 saturated carbocycles. The average Bonchev–Trinajstić information content (AvgIpc) is 2.67. The first kappa shape index (κ1) is 9.42. The maximum atomic E-state index is 8.65. The zero-order valence-electron chi connectivity index (χ0n) is 7.47. The van der Waals surface area contributed by atoms with Crippen molar-refractivity contribution >= 4 is 22.9 Å². The van der Waals surface area contributed by atoms with Crippen molar-refractivity contribution < 1.29 is 5.11 Å². The quantitative estimate of drug-likeness (QED) is 0.444. The first-order valence-electron chi connectivity index (χ1n) is 4.29. The molecular weight excluding hydrogens is 200 g/mol. The molecule has 0 saturated heterocycles. The number of hydrogen-bond donors (Lipinski definition) is 2. The second-order valence-corrected chi connectivity index (χ2v) is 3.79. The number of aromatic amines is 1. The zero-order valence-corrected chi connectivity index (χ0v) is 8.29. The Morgan fingerprint density at radius 1 is 1.36 bits per heavy atom. The summed E-state index contributed by atoms with van der Waals surface area (Å²) in [6.45, 7) is 0.213. The van der Waals surface area contributed by atoms with Crippen LogP contribution in [-0.4, -0.2) is 37.4 Å². The smallest absolute Gasteiger partial charge is 0.181 e. The van der Waals surface area contributed by atoms with Crippen molar-refractivity contribution in [3.8, 4) is 0 Å². The molecule has 2 rings (SSSR count). The largest absolute Gasteiger partial charge is 0.396 e. The van der Waals surface area contributed by atoms with Crippen molar-refractivity contribution in [2.45, 2.75) is 11.4 Å². The number of rotatable bonds is 4. The Hall–Kier alpha value is -1.14. The van der Waals surface area contributed by atoms with Crippen molar-refractivity contribution in [3.63, 3.8) is 0 Å². The Morgan fingerprint density at radius 2 is 2.29 bits per heavy atom. The number of aliphatic hydroxyl groups is 1. The van der Waals surface area contributed by atoms with Crippen molar-refractivity contribution in [3.05, 3.63) is 12.7 Å². The summed E-state index contributed by atoms with van der Waals surface area (Å²) in [5, 5.41) is 9.54. The molecule has 0 aromatic carbocycles. The molecular formula is C8H10N4OS. The number of aliphatic hydroxyl groups excluding tert-OH is 1. The van der Waals surface area contributed by atoms with Crippen LogP contribution in [0, 0.1) is 0 Å². The van der Waals surface area contributed by atoms with E-state index < -0.39 is 0 Å². The van der Waals surface area contributed by atoms with E-state index in [1.54, 1.807) is 18.1 Å². The van der Waals surface area contributed by atoms with E-state index in [4.69, 9.17) is 5.11 Å². The highest BCUT2D eigenvalue weighted by Crippen LogP contribution is 2.21. The van der Waals surface area contributed by atoms with Crippen molar-refractivity contribution in [1.82, 2.24) is 19.9 Å². The molecule has 0 aliphatic rings. The second kappa shape index (κ2) is 4.39. The molecule has 0 amide bonds. The Labute approximate surface area is 85.0 Å². The standard InChI is InChI=1S/C8H10N4OS/c13-2-1-3-14-8-6-7(10-4-9-6)11-5-12-8/h4-5,13H,1-3H2,(H,9,10,11,12). The van der Waals surface area contributed by atoms with E-state index in [9.17, 15) is 0 Å². The third-order valence-electron chi connectivity index (χ3n) is 1.73. The molecule has 0 unspecified atom stereocenters. The molecule has 5 nitrogen and oxygen atoms in total. The monoisotopic (exact) mass is 210 g/mol. The third-order valence-corrected chi connectivity index (χ3v) is 2.81. The fourth-order valence-electron chi connectivity index (χ4n) is 1.09. The lowest BCUT2D eigenvalue weighted by Gasteiger charge is -1.99. The molecule has 0 radical (unpaired) electrons. The number of imidazole rings is 1. The van der Waals surface area contributed by atoms with Gasteiger partial charge in [-0.2, -0.15) is 0 Å². The number of hydrogen-bond acceptors (Lipinski definition) is 5. The van der Waals surface area contributed by atoms with Crippen LogP contribution >= 0.6 is 11.8 Å². The van der Waals surface area contributed by atoms with Gasteiger partial charge in [0.1, 0.15) is 16.9 Å². The first-order valence-corrected chi connectivity index (χ1v) is 5.28. The van der Waals surface area contributed by atoms with Gasteiger partial charge < -0.3 is 10.1 Å². The molecule has 2 aromatic rings.